The van der Waals surface area contributed by atoms with E-state index in [1.54, 1.807) is 0 Å². The quantitative estimate of drug-likeness (QED) is 0.862. The van der Waals surface area contributed by atoms with Crippen LogP contribution in [0, 0.1) is 0 Å². The van der Waals surface area contributed by atoms with E-state index in [1.807, 2.05) is 30.3 Å². The van der Waals surface area contributed by atoms with E-state index >= 15 is 0 Å². The molecule has 1 aliphatic rings. The Morgan fingerprint density at radius 2 is 1.85 bits per heavy atom. The fourth-order valence-electron chi connectivity index (χ4n) is 2.74. The lowest BCUT2D eigenvalue weighted by atomic mass is 9.94. The Bertz CT molecular complexity index is 401. The average Bonchev–Trinajstić information content (AvgIpc) is 2.45. The fourth-order valence-corrected chi connectivity index (χ4v) is 2.74. The molecule has 1 fully saturated rings. The summed E-state index contributed by atoms with van der Waals surface area (Å²) in [5, 5.41) is 10.7. The molecule has 0 saturated carbocycles. The van der Waals surface area contributed by atoms with Crippen LogP contribution in [0.3, 0.4) is 0 Å². The minimum absolute atomic E-state index is 0.121. The van der Waals surface area contributed by atoms with Gasteiger partial charge in [0, 0.05) is 6.54 Å². The molecule has 3 N–H and O–H groups in total. The zero-order valence-electron chi connectivity index (χ0n) is 12.3. The molecule has 2 rings (SSSR count). The maximum Gasteiger partial charge on any atom is 0.125 e. The summed E-state index contributed by atoms with van der Waals surface area (Å²) in [5.41, 5.74) is 5.44. The molecule has 0 aromatic heterocycles. The normalized spacial score (nSPS) is 29.9. The third kappa shape index (κ3) is 3.79. The van der Waals surface area contributed by atoms with E-state index in [9.17, 15) is 5.11 Å². The van der Waals surface area contributed by atoms with Crippen LogP contribution < -0.4 is 5.73 Å². The van der Waals surface area contributed by atoms with Crippen molar-refractivity contribution in [1.29, 1.82) is 0 Å². The monoisotopic (exact) mass is 279 g/mol. The van der Waals surface area contributed by atoms with Crippen LogP contribution >= 0.6 is 0 Å². The van der Waals surface area contributed by atoms with E-state index in [0.29, 0.717) is 0 Å². The Morgan fingerprint density at radius 1 is 1.25 bits per heavy atom. The zero-order valence-corrected chi connectivity index (χ0v) is 12.3. The molecule has 1 heterocycles. The Kier molecular flexibility index (Phi) is 5.16. The summed E-state index contributed by atoms with van der Waals surface area (Å²) in [5.74, 6) is 0. The highest BCUT2D eigenvalue weighted by atomic mass is 16.5. The Morgan fingerprint density at radius 3 is 2.40 bits per heavy atom. The molecule has 112 valence electrons. The summed E-state index contributed by atoms with van der Waals surface area (Å²) in [7, 11) is 0. The Hall–Kier alpha value is -0.940. The molecular weight excluding hydrogens is 254 g/mol. The predicted molar refractivity (Wildman–Crippen MR) is 78.4 cm³/mol. The zero-order chi connectivity index (χ0) is 14.6. The lowest BCUT2D eigenvalue weighted by molar-refractivity contribution is -0.132. The Balaban J connectivity index is 1.97. The van der Waals surface area contributed by atoms with Crippen molar-refractivity contribution in [2.75, 3.05) is 13.2 Å². The first-order valence-corrected chi connectivity index (χ1v) is 7.28. The molecule has 4 heteroatoms. The summed E-state index contributed by atoms with van der Waals surface area (Å²) in [6.07, 6.45) is 2.24. The summed E-state index contributed by atoms with van der Waals surface area (Å²) < 4.78 is 11.6. The second-order valence-corrected chi connectivity index (χ2v) is 5.76. The molecule has 4 nitrogen and oxygen atoms in total. The van der Waals surface area contributed by atoms with E-state index in [0.717, 1.165) is 18.4 Å². The number of benzene rings is 1. The molecule has 0 radical (unpaired) electrons. The van der Waals surface area contributed by atoms with Crippen LogP contribution in [0.25, 0.3) is 0 Å². The SMILES string of the molecule is CC1CC(OCC(O)(CN)c2ccccc2)CC(C)O1. The number of nitrogens with two attached hydrogens (primary N) is 1. The van der Waals surface area contributed by atoms with Crippen LogP contribution in [0.15, 0.2) is 30.3 Å². The van der Waals surface area contributed by atoms with Gasteiger partial charge in [-0.15, -0.1) is 0 Å². The van der Waals surface area contributed by atoms with Crippen LogP contribution in [0.1, 0.15) is 32.3 Å². The van der Waals surface area contributed by atoms with Gasteiger partial charge in [0.05, 0.1) is 24.9 Å². The maximum atomic E-state index is 10.7. The number of hydrogen-bond donors (Lipinski definition) is 2. The van der Waals surface area contributed by atoms with Gasteiger partial charge in [-0.25, -0.2) is 0 Å². The van der Waals surface area contributed by atoms with Crippen molar-refractivity contribution in [3.8, 4) is 0 Å². The van der Waals surface area contributed by atoms with Gasteiger partial charge in [-0.1, -0.05) is 30.3 Å². The molecule has 20 heavy (non-hydrogen) atoms. The molecule has 0 spiro atoms. The number of hydrogen-bond acceptors (Lipinski definition) is 4. The predicted octanol–water partition coefficient (Wildman–Crippen LogP) is 1.81. The van der Waals surface area contributed by atoms with Gasteiger partial charge in [-0.05, 0) is 32.3 Å². The van der Waals surface area contributed by atoms with Gasteiger partial charge in [-0.3, -0.25) is 0 Å². The second kappa shape index (κ2) is 6.68. The van der Waals surface area contributed by atoms with Gasteiger partial charge in [-0.2, -0.15) is 0 Å². The van der Waals surface area contributed by atoms with Crippen molar-refractivity contribution < 1.29 is 14.6 Å². The lowest BCUT2D eigenvalue weighted by Gasteiger charge is -2.35. The van der Waals surface area contributed by atoms with E-state index in [2.05, 4.69) is 13.8 Å². The highest BCUT2D eigenvalue weighted by molar-refractivity contribution is 5.22. The van der Waals surface area contributed by atoms with Crippen LogP contribution in [-0.2, 0) is 15.1 Å². The van der Waals surface area contributed by atoms with Crippen molar-refractivity contribution >= 4 is 0 Å². The topological polar surface area (TPSA) is 64.7 Å². The van der Waals surface area contributed by atoms with Crippen LogP contribution in [0.2, 0.25) is 0 Å². The first-order valence-electron chi connectivity index (χ1n) is 7.28. The van der Waals surface area contributed by atoms with Crippen LogP contribution in [0.4, 0.5) is 0 Å². The molecule has 3 atom stereocenters. The van der Waals surface area contributed by atoms with Crippen molar-refractivity contribution in [3.05, 3.63) is 35.9 Å². The smallest absolute Gasteiger partial charge is 0.125 e. The second-order valence-electron chi connectivity index (χ2n) is 5.76. The van der Waals surface area contributed by atoms with E-state index in [4.69, 9.17) is 15.2 Å². The van der Waals surface area contributed by atoms with Crippen molar-refractivity contribution in [1.82, 2.24) is 0 Å². The molecule has 1 aromatic carbocycles. The Labute approximate surface area is 120 Å². The largest absolute Gasteiger partial charge is 0.381 e. The summed E-state index contributed by atoms with van der Waals surface area (Å²) in [6, 6.07) is 9.48. The molecular formula is C16H25NO3. The summed E-state index contributed by atoms with van der Waals surface area (Å²) >= 11 is 0. The molecule has 1 aromatic rings. The minimum atomic E-state index is -1.12. The van der Waals surface area contributed by atoms with Crippen molar-refractivity contribution in [3.63, 3.8) is 0 Å². The van der Waals surface area contributed by atoms with Gasteiger partial charge in [0.15, 0.2) is 0 Å². The van der Waals surface area contributed by atoms with E-state index < -0.39 is 5.60 Å². The third-order valence-corrected chi connectivity index (χ3v) is 3.86. The molecule has 0 amide bonds. The first kappa shape index (κ1) is 15.4. The molecule has 1 saturated heterocycles. The molecule has 0 bridgehead atoms. The third-order valence-electron chi connectivity index (χ3n) is 3.86. The molecule has 1 aliphatic heterocycles. The maximum absolute atomic E-state index is 10.7. The van der Waals surface area contributed by atoms with Gasteiger partial charge >= 0.3 is 0 Å². The number of aliphatic hydroxyl groups is 1. The number of ether oxygens (including phenoxy) is 2. The standard InChI is InChI=1S/C16H25NO3/c1-12-8-15(9-13(2)20-12)19-11-16(18,10-17)14-6-4-3-5-7-14/h3-7,12-13,15,18H,8-11,17H2,1-2H3. The van der Waals surface area contributed by atoms with Crippen molar-refractivity contribution in [2.24, 2.45) is 5.73 Å². The van der Waals surface area contributed by atoms with Crippen LogP contribution in [0.5, 0.6) is 0 Å². The van der Waals surface area contributed by atoms with Gasteiger partial charge < -0.3 is 20.3 Å². The first-order chi connectivity index (χ1) is 9.53. The highest BCUT2D eigenvalue weighted by Gasteiger charge is 2.31. The van der Waals surface area contributed by atoms with Crippen molar-refractivity contribution in [2.45, 2.75) is 50.6 Å². The fraction of sp³-hybridized carbons (Fsp3) is 0.625. The summed E-state index contributed by atoms with van der Waals surface area (Å²) in [6.45, 7) is 4.47. The van der Waals surface area contributed by atoms with Gasteiger partial charge in [0.25, 0.3) is 0 Å². The van der Waals surface area contributed by atoms with E-state index in [1.165, 1.54) is 0 Å². The minimum Gasteiger partial charge on any atom is -0.381 e. The van der Waals surface area contributed by atoms with Gasteiger partial charge in [0.2, 0.25) is 0 Å². The average molecular weight is 279 g/mol. The highest BCUT2D eigenvalue weighted by Crippen LogP contribution is 2.25. The molecule has 3 unspecified atom stereocenters. The lowest BCUT2D eigenvalue weighted by Crippen LogP contribution is -2.42. The van der Waals surface area contributed by atoms with Gasteiger partial charge in [0.1, 0.15) is 5.60 Å². The summed E-state index contributed by atoms with van der Waals surface area (Å²) in [4.78, 5) is 0. The van der Waals surface area contributed by atoms with Crippen LogP contribution in [-0.4, -0.2) is 36.6 Å². The van der Waals surface area contributed by atoms with E-state index in [-0.39, 0.29) is 31.5 Å². The molecule has 0 aliphatic carbocycles. The number of rotatable bonds is 5.